The molecule has 1 fully saturated rings. The van der Waals surface area contributed by atoms with Crippen LogP contribution in [0.15, 0.2) is 65.6 Å². The van der Waals surface area contributed by atoms with Crippen molar-refractivity contribution in [2.45, 2.75) is 43.4 Å². The molecule has 0 aromatic heterocycles. The van der Waals surface area contributed by atoms with E-state index in [1.807, 2.05) is 42.5 Å². The van der Waals surface area contributed by atoms with E-state index in [0.717, 1.165) is 63.1 Å². The second kappa shape index (κ2) is 14.1. The summed E-state index contributed by atoms with van der Waals surface area (Å²) in [5.74, 6) is 0.610. The van der Waals surface area contributed by atoms with Crippen LogP contribution < -0.4 is 9.46 Å². The number of likely N-dealkylation sites (N-methyl/N-ethyl adjacent to an activating group) is 1. The van der Waals surface area contributed by atoms with Gasteiger partial charge in [-0.15, -0.1) is 12.4 Å². The first kappa shape index (κ1) is 30.7. The van der Waals surface area contributed by atoms with Crippen molar-refractivity contribution in [3.8, 4) is 16.9 Å². The van der Waals surface area contributed by atoms with Gasteiger partial charge >= 0.3 is 0 Å². The van der Waals surface area contributed by atoms with Crippen LogP contribution >= 0.6 is 24.0 Å². The Kier molecular flexibility index (Phi) is 10.8. The fourth-order valence-corrected chi connectivity index (χ4v) is 6.58. The average Bonchev–Trinajstić information content (AvgIpc) is 3.13. The number of benzene rings is 3. The smallest absolute Gasteiger partial charge is 0.262 e. The molecule has 0 saturated carbocycles. The van der Waals surface area contributed by atoms with E-state index in [1.54, 1.807) is 12.1 Å². The van der Waals surface area contributed by atoms with E-state index in [1.165, 1.54) is 30.4 Å². The Balaban J connectivity index is 0.00000370. The minimum atomic E-state index is -3.81. The Hall–Kier alpha value is -2.29. The molecule has 2 aliphatic heterocycles. The first-order chi connectivity index (χ1) is 18.9. The number of halogens is 2. The molecule has 0 unspecified atom stereocenters. The molecule has 0 bridgehead atoms. The zero-order valence-electron chi connectivity index (χ0n) is 23.1. The number of piperidine rings is 1. The Morgan fingerprint density at radius 3 is 2.10 bits per heavy atom. The largest absolute Gasteiger partial charge is 0.491 e. The Bertz CT molecular complexity index is 1360. The molecular weight excluding hydrogens is 565 g/mol. The number of nitrogens with zero attached hydrogens (tertiary/aromatic N) is 2. The lowest BCUT2D eigenvalue weighted by Gasteiger charge is -2.26. The van der Waals surface area contributed by atoms with Gasteiger partial charge in [0.25, 0.3) is 10.0 Å². The van der Waals surface area contributed by atoms with E-state index in [2.05, 4.69) is 27.6 Å². The molecule has 216 valence electrons. The molecule has 40 heavy (non-hydrogen) atoms. The van der Waals surface area contributed by atoms with Crippen LogP contribution in [0.3, 0.4) is 0 Å². The van der Waals surface area contributed by atoms with Crippen LogP contribution in [0.5, 0.6) is 5.75 Å². The molecule has 2 aliphatic rings. The molecule has 0 aliphatic carbocycles. The highest BCUT2D eigenvalue weighted by Gasteiger charge is 2.21. The first-order valence-electron chi connectivity index (χ1n) is 14.0. The summed E-state index contributed by atoms with van der Waals surface area (Å²) in [5, 5.41) is 0.666. The lowest BCUT2D eigenvalue weighted by Crippen LogP contribution is -2.31. The molecule has 0 spiro atoms. The fraction of sp³-hybridized carbons (Fsp3) is 0.419. The molecule has 9 heteroatoms. The minimum Gasteiger partial charge on any atom is -0.491 e. The Labute approximate surface area is 250 Å². The molecule has 0 atom stereocenters. The van der Waals surface area contributed by atoms with Gasteiger partial charge in [-0.1, -0.05) is 42.3 Å². The Morgan fingerprint density at radius 2 is 1.45 bits per heavy atom. The van der Waals surface area contributed by atoms with E-state index < -0.39 is 10.0 Å². The highest BCUT2D eigenvalue weighted by Crippen LogP contribution is 2.33. The number of likely N-dealkylation sites (tertiary alicyclic amines) is 1. The van der Waals surface area contributed by atoms with E-state index in [9.17, 15) is 8.42 Å². The number of ether oxygens (including phenoxy) is 1. The maximum atomic E-state index is 13.5. The Morgan fingerprint density at radius 1 is 0.850 bits per heavy atom. The molecule has 2 heterocycles. The standard InChI is InChI=1S/C31H38ClN3O3S.ClH/c1-34-19-14-26-22-30(31(23-27(26)15-20-34)38-21-5-18-35-16-3-2-4-17-35)33-39(36,37)29-12-8-25(9-13-29)24-6-10-28(32)11-7-24;/h6-13,22-23,33H,2-5,14-21H2,1H3;1H. The normalized spacial score (nSPS) is 16.4. The molecule has 1 saturated heterocycles. The second-order valence-corrected chi connectivity index (χ2v) is 12.8. The summed E-state index contributed by atoms with van der Waals surface area (Å²) in [7, 11) is -1.68. The lowest BCUT2D eigenvalue weighted by atomic mass is 10.0. The van der Waals surface area contributed by atoms with Crippen molar-refractivity contribution in [3.05, 3.63) is 76.8 Å². The molecule has 6 nitrogen and oxygen atoms in total. The maximum absolute atomic E-state index is 13.5. The minimum absolute atomic E-state index is 0. The molecule has 3 aromatic rings. The highest BCUT2D eigenvalue weighted by atomic mass is 35.5. The van der Waals surface area contributed by atoms with E-state index in [-0.39, 0.29) is 17.3 Å². The number of rotatable bonds is 9. The van der Waals surface area contributed by atoms with Crippen molar-refractivity contribution < 1.29 is 13.2 Å². The predicted molar refractivity (Wildman–Crippen MR) is 167 cm³/mol. The molecule has 3 aromatic carbocycles. The third kappa shape index (κ3) is 7.92. The highest BCUT2D eigenvalue weighted by molar-refractivity contribution is 7.92. The van der Waals surface area contributed by atoms with Crippen molar-refractivity contribution in [3.63, 3.8) is 0 Å². The first-order valence-corrected chi connectivity index (χ1v) is 15.8. The van der Waals surface area contributed by atoms with Crippen LogP contribution in [0.2, 0.25) is 5.02 Å². The molecular formula is C31H39Cl2N3O3S. The van der Waals surface area contributed by atoms with Crippen molar-refractivity contribution in [1.29, 1.82) is 0 Å². The number of nitrogens with one attached hydrogen (secondary N) is 1. The third-order valence-electron chi connectivity index (χ3n) is 7.74. The van der Waals surface area contributed by atoms with Gasteiger partial charge in [0.05, 0.1) is 17.2 Å². The SMILES string of the molecule is CN1CCc2cc(NS(=O)(=O)c3ccc(-c4ccc(Cl)cc4)cc3)c(OCCCN3CCCCC3)cc2CC1.Cl. The van der Waals surface area contributed by atoms with Crippen LogP contribution in [0, 0.1) is 0 Å². The number of anilines is 1. The van der Waals surface area contributed by atoms with Gasteiger partial charge in [0.15, 0.2) is 0 Å². The van der Waals surface area contributed by atoms with Crippen LogP contribution in [-0.2, 0) is 22.9 Å². The van der Waals surface area contributed by atoms with Gasteiger partial charge in [-0.2, -0.15) is 0 Å². The van der Waals surface area contributed by atoms with Gasteiger partial charge in [0.1, 0.15) is 5.75 Å². The molecule has 0 amide bonds. The van der Waals surface area contributed by atoms with Crippen molar-refractivity contribution in [1.82, 2.24) is 9.80 Å². The summed E-state index contributed by atoms with van der Waals surface area (Å²) in [6.07, 6.45) is 6.59. The van der Waals surface area contributed by atoms with E-state index >= 15 is 0 Å². The van der Waals surface area contributed by atoms with Gasteiger partial charge in [-0.25, -0.2) is 8.42 Å². The van der Waals surface area contributed by atoms with Gasteiger partial charge in [0, 0.05) is 24.7 Å². The lowest BCUT2D eigenvalue weighted by molar-refractivity contribution is 0.205. The van der Waals surface area contributed by atoms with Crippen LogP contribution in [-0.4, -0.2) is 64.6 Å². The van der Waals surface area contributed by atoms with Gasteiger partial charge < -0.3 is 14.5 Å². The summed E-state index contributed by atoms with van der Waals surface area (Å²) in [6, 6.07) is 18.5. The van der Waals surface area contributed by atoms with Crippen LogP contribution in [0.4, 0.5) is 5.69 Å². The topological polar surface area (TPSA) is 61.9 Å². The zero-order chi connectivity index (χ0) is 27.2. The molecule has 1 N–H and O–H groups in total. The summed E-state index contributed by atoms with van der Waals surface area (Å²) in [5.41, 5.74) is 4.83. The van der Waals surface area contributed by atoms with Crippen molar-refractivity contribution in [2.24, 2.45) is 0 Å². The molecule has 5 rings (SSSR count). The zero-order valence-corrected chi connectivity index (χ0v) is 25.5. The van der Waals surface area contributed by atoms with E-state index in [0.29, 0.717) is 23.1 Å². The van der Waals surface area contributed by atoms with Gasteiger partial charge in [0.2, 0.25) is 0 Å². The number of hydrogen-bond donors (Lipinski definition) is 1. The van der Waals surface area contributed by atoms with E-state index in [4.69, 9.17) is 16.3 Å². The third-order valence-corrected chi connectivity index (χ3v) is 9.37. The quantitative estimate of drug-likeness (QED) is 0.282. The number of fused-ring (bicyclic) bond motifs is 1. The maximum Gasteiger partial charge on any atom is 0.262 e. The predicted octanol–water partition coefficient (Wildman–Crippen LogP) is 6.51. The van der Waals surface area contributed by atoms with Crippen LogP contribution in [0.1, 0.15) is 36.8 Å². The summed E-state index contributed by atoms with van der Waals surface area (Å²) in [4.78, 5) is 5.02. The second-order valence-electron chi connectivity index (χ2n) is 10.7. The summed E-state index contributed by atoms with van der Waals surface area (Å²) < 4.78 is 36.0. The van der Waals surface area contributed by atoms with Crippen LogP contribution in [0.25, 0.3) is 11.1 Å². The number of sulfonamides is 1. The van der Waals surface area contributed by atoms with Gasteiger partial charge in [-0.05, 0) is 111 Å². The molecule has 0 radical (unpaired) electrons. The van der Waals surface area contributed by atoms with Crippen molar-refractivity contribution >= 4 is 39.7 Å². The summed E-state index contributed by atoms with van der Waals surface area (Å²) in [6.45, 7) is 5.81. The van der Waals surface area contributed by atoms with Gasteiger partial charge in [-0.3, -0.25) is 4.72 Å². The summed E-state index contributed by atoms with van der Waals surface area (Å²) >= 11 is 6.01. The fourth-order valence-electron chi connectivity index (χ4n) is 5.39. The average molecular weight is 605 g/mol. The monoisotopic (exact) mass is 603 g/mol. The van der Waals surface area contributed by atoms with Crippen molar-refractivity contribution in [2.75, 3.05) is 51.1 Å². The number of hydrogen-bond acceptors (Lipinski definition) is 5.